The van der Waals surface area contributed by atoms with Gasteiger partial charge in [0.15, 0.2) is 11.6 Å². The van der Waals surface area contributed by atoms with Gasteiger partial charge in [-0.25, -0.2) is 9.97 Å². The molecule has 0 saturated carbocycles. The minimum Gasteiger partial charge on any atom is -0.507 e. The van der Waals surface area contributed by atoms with Crippen molar-refractivity contribution in [2.24, 2.45) is 5.10 Å². The Morgan fingerprint density at radius 3 is 2.64 bits per heavy atom. The van der Waals surface area contributed by atoms with E-state index in [0.29, 0.717) is 17.2 Å². The number of hydrogen-bond donors (Lipinski definition) is 2. The topological polar surface area (TPSA) is 79.6 Å². The quantitative estimate of drug-likeness (QED) is 0.336. The van der Waals surface area contributed by atoms with Crippen molar-refractivity contribution in [1.29, 1.82) is 0 Å². The van der Waals surface area contributed by atoms with Crippen LogP contribution in [0.5, 0.6) is 11.5 Å². The number of benzene rings is 2. The van der Waals surface area contributed by atoms with Gasteiger partial charge in [-0.2, -0.15) is 5.10 Å². The van der Waals surface area contributed by atoms with Gasteiger partial charge in [-0.05, 0) is 55.3 Å². The SMILES string of the molecule is CCCCOc1ccc(C=NNc2cc(C)nc(-c3ccccc3O)n2)cc1. The van der Waals surface area contributed by atoms with Crippen LogP contribution in [0.4, 0.5) is 5.82 Å². The monoisotopic (exact) mass is 376 g/mol. The number of aromatic nitrogens is 2. The van der Waals surface area contributed by atoms with Crippen molar-refractivity contribution in [1.82, 2.24) is 9.97 Å². The number of rotatable bonds is 8. The molecule has 0 bridgehead atoms. The summed E-state index contributed by atoms with van der Waals surface area (Å²) in [7, 11) is 0. The van der Waals surface area contributed by atoms with Crippen molar-refractivity contribution in [3.05, 3.63) is 65.9 Å². The molecule has 6 nitrogen and oxygen atoms in total. The minimum absolute atomic E-state index is 0.142. The van der Waals surface area contributed by atoms with Crippen LogP contribution in [-0.4, -0.2) is 27.9 Å². The number of phenolic OH excluding ortho intramolecular Hbond substituents is 1. The van der Waals surface area contributed by atoms with E-state index in [1.807, 2.05) is 37.3 Å². The Morgan fingerprint density at radius 2 is 1.89 bits per heavy atom. The molecular formula is C22H24N4O2. The molecule has 3 aromatic rings. The summed E-state index contributed by atoms with van der Waals surface area (Å²) in [4.78, 5) is 8.83. The van der Waals surface area contributed by atoms with E-state index in [0.717, 1.165) is 36.5 Å². The van der Waals surface area contributed by atoms with E-state index < -0.39 is 0 Å². The predicted octanol–water partition coefficient (Wildman–Crippen LogP) is 4.78. The first-order valence-electron chi connectivity index (χ1n) is 9.31. The molecule has 0 unspecified atom stereocenters. The number of nitrogens with one attached hydrogen (secondary N) is 1. The Morgan fingerprint density at radius 1 is 1.11 bits per heavy atom. The molecule has 1 aromatic heterocycles. The maximum Gasteiger partial charge on any atom is 0.165 e. The maximum atomic E-state index is 10.0. The third kappa shape index (κ3) is 5.30. The molecule has 0 saturated heterocycles. The molecule has 28 heavy (non-hydrogen) atoms. The molecule has 0 aliphatic carbocycles. The molecule has 144 valence electrons. The Bertz CT molecular complexity index is 940. The van der Waals surface area contributed by atoms with Gasteiger partial charge in [0.25, 0.3) is 0 Å². The first kappa shape index (κ1) is 19.4. The fourth-order valence-electron chi connectivity index (χ4n) is 2.57. The van der Waals surface area contributed by atoms with Gasteiger partial charge in [-0.3, -0.25) is 5.43 Å². The largest absolute Gasteiger partial charge is 0.507 e. The van der Waals surface area contributed by atoms with Gasteiger partial charge < -0.3 is 9.84 Å². The zero-order chi connectivity index (χ0) is 19.8. The van der Waals surface area contributed by atoms with E-state index in [1.165, 1.54) is 0 Å². The molecule has 0 atom stereocenters. The summed E-state index contributed by atoms with van der Waals surface area (Å²) in [6.45, 7) is 4.75. The fourth-order valence-corrected chi connectivity index (χ4v) is 2.57. The van der Waals surface area contributed by atoms with Crippen LogP contribution in [0.1, 0.15) is 31.0 Å². The lowest BCUT2D eigenvalue weighted by Gasteiger charge is -2.07. The number of anilines is 1. The number of aryl methyl sites for hydroxylation is 1. The van der Waals surface area contributed by atoms with Gasteiger partial charge in [0, 0.05) is 11.8 Å². The third-order valence-corrected chi connectivity index (χ3v) is 4.04. The van der Waals surface area contributed by atoms with Crippen LogP contribution < -0.4 is 10.2 Å². The minimum atomic E-state index is 0.142. The predicted molar refractivity (Wildman–Crippen MR) is 112 cm³/mol. The van der Waals surface area contributed by atoms with Crippen molar-refractivity contribution in [2.75, 3.05) is 12.0 Å². The summed E-state index contributed by atoms with van der Waals surface area (Å²) in [6.07, 6.45) is 3.88. The van der Waals surface area contributed by atoms with Crippen molar-refractivity contribution in [3.8, 4) is 22.9 Å². The molecule has 2 N–H and O–H groups in total. The van der Waals surface area contributed by atoms with Crippen molar-refractivity contribution < 1.29 is 9.84 Å². The number of unbranched alkanes of at least 4 members (excludes halogenated alkanes) is 1. The molecule has 1 heterocycles. The number of nitrogens with zero attached hydrogens (tertiary/aromatic N) is 3. The normalized spacial score (nSPS) is 10.9. The zero-order valence-electron chi connectivity index (χ0n) is 16.1. The molecule has 0 aliphatic rings. The second-order valence-corrected chi connectivity index (χ2v) is 6.38. The number of para-hydroxylation sites is 1. The Hall–Kier alpha value is -3.41. The summed E-state index contributed by atoms with van der Waals surface area (Å²) < 4.78 is 5.66. The van der Waals surface area contributed by atoms with E-state index in [2.05, 4.69) is 27.4 Å². The maximum absolute atomic E-state index is 10.0. The second-order valence-electron chi connectivity index (χ2n) is 6.38. The van der Waals surface area contributed by atoms with Crippen LogP contribution in [0.15, 0.2) is 59.7 Å². The van der Waals surface area contributed by atoms with E-state index in [1.54, 1.807) is 30.5 Å². The Kier molecular flexibility index (Phi) is 6.57. The smallest absolute Gasteiger partial charge is 0.165 e. The van der Waals surface area contributed by atoms with Gasteiger partial charge in [0.05, 0.1) is 18.4 Å². The van der Waals surface area contributed by atoms with Gasteiger partial charge in [-0.1, -0.05) is 25.5 Å². The fraction of sp³-hybridized carbons (Fsp3) is 0.227. The molecule has 0 fully saturated rings. The van der Waals surface area contributed by atoms with Crippen LogP contribution in [-0.2, 0) is 0 Å². The summed E-state index contributed by atoms with van der Waals surface area (Å²) in [5, 5.41) is 14.3. The van der Waals surface area contributed by atoms with Gasteiger partial charge in [0.2, 0.25) is 0 Å². The average Bonchev–Trinajstić information content (AvgIpc) is 2.69. The van der Waals surface area contributed by atoms with Crippen LogP contribution in [0.2, 0.25) is 0 Å². The summed E-state index contributed by atoms with van der Waals surface area (Å²) in [5.74, 6) is 2.01. The number of ether oxygens (including phenoxy) is 1. The van der Waals surface area contributed by atoms with Crippen molar-refractivity contribution >= 4 is 12.0 Å². The molecule has 0 spiro atoms. The highest BCUT2D eigenvalue weighted by molar-refractivity contribution is 5.80. The van der Waals surface area contributed by atoms with E-state index in [4.69, 9.17) is 4.74 Å². The highest BCUT2D eigenvalue weighted by Crippen LogP contribution is 2.26. The standard InChI is InChI=1S/C22H24N4O2/c1-3-4-13-28-18-11-9-17(10-12-18)15-23-26-21-14-16(2)24-22(25-21)19-7-5-6-8-20(19)27/h5-12,14-15,27H,3-4,13H2,1-2H3,(H,24,25,26). The number of aromatic hydroxyl groups is 1. The summed E-state index contributed by atoms with van der Waals surface area (Å²) in [5.41, 5.74) is 5.23. The number of hydrazone groups is 1. The summed E-state index contributed by atoms with van der Waals surface area (Å²) in [6, 6.07) is 16.6. The van der Waals surface area contributed by atoms with E-state index in [-0.39, 0.29) is 5.75 Å². The van der Waals surface area contributed by atoms with Crippen molar-refractivity contribution in [3.63, 3.8) is 0 Å². The third-order valence-electron chi connectivity index (χ3n) is 4.04. The van der Waals surface area contributed by atoms with Crippen LogP contribution in [0.3, 0.4) is 0 Å². The Balaban J connectivity index is 1.66. The lowest BCUT2D eigenvalue weighted by molar-refractivity contribution is 0.309. The second kappa shape index (κ2) is 9.50. The first-order chi connectivity index (χ1) is 13.7. The van der Waals surface area contributed by atoms with Crippen LogP contribution in [0, 0.1) is 6.92 Å². The van der Waals surface area contributed by atoms with Gasteiger partial charge >= 0.3 is 0 Å². The van der Waals surface area contributed by atoms with Gasteiger partial charge in [0.1, 0.15) is 11.5 Å². The average molecular weight is 376 g/mol. The molecule has 0 radical (unpaired) electrons. The van der Waals surface area contributed by atoms with Gasteiger partial charge in [-0.15, -0.1) is 0 Å². The Labute approximate surface area is 164 Å². The van der Waals surface area contributed by atoms with Crippen LogP contribution >= 0.6 is 0 Å². The highest BCUT2D eigenvalue weighted by atomic mass is 16.5. The van der Waals surface area contributed by atoms with E-state index in [9.17, 15) is 5.11 Å². The molecule has 6 heteroatoms. The first-order valence-corrected chi connectivity index (χ1v) is 9.31. The number of hydrogen-bond acceptors (Lipinski definition) is 6. The lowest BCUT2D eigenvalue weighted by Crippen LogP contribution is -1.99. The summed E-state index contributed by atoms with van der Waals surface area (Å²) >= 11 is 0. The molecular weight excluding hydrogens is 352 g/mol. The molecule has 3 rings (SSSR count). The zero-order valence-corrected chi connectivity index (χ0v) is 16.1. The van der Waals surface area contributed by atoms with Crippen molar-refractivity contribution in [2.45, 2.75) is 26.7 Å². The molecule has 2 aromatic carbocycles. The lowest BCUT2D eigenvalue weighted by atomic mass is 10.2. The molecule has 0 aliphatic heterocycles. The number of phenols is 1. The highest BCUT2D eigenvalue weighted by Gasteiger charge is 2.08. The molecule has 0 amide bonds. The van der Waals surface area contributed by atoms with E-state index >= 15 is 0 Å². The van der Waals surface area contributed by atoms with Crippen LogP contribution in [0.25, 0.3) is 11.4 Å².